The molecular weight excluding hydrogens is 155 g/mol. The van der Waals surface area contributed by atoms with Crippen LogP contribution in [0.15, 0.2) is 0 Å². The second-order valence-electron chi connectivity index (χ2n) is 3.49. The lowest BCUT2D eigenvalue weighted by Gasteiger charge is -2.07. The molecule has 0 radical (unpaired) electrons. The molecule has 0 aromatic rings. The van der Waals surface area contributed by atoms with Gasteiger partial charge in [-0.25, -0.2) is 0 Å². The summed E-state index contributed by atoms with van der Waals surface area (Å²) in [6, 6.07) is 0. The second-order valence-corrected chi connectivity index (χ2v) is 5.12. The van der Waals surface area contributed by atoms with Crippen molar-refractivity contribution in [1.82, 2.24) is 0 Å². The van der Waals surface area contributed by atoms with Crippen LogP contribution in [0.2, 0.25) is 0 Å². The van der Waals surface area contributed by atoms with Gasteiger partial charge < -0.3 is 5.11 Å². The first kappa shape index (κ1) is 9.48. The summed E-state index contributed by atoms with van der Waals surface area (Å²) in [7, 11) is 1.04. The van der Waals surface area contributed by atoms with Crippen LogP contribution in [0.5, 0.6) is 0 Å². The molecule has 3 atom stereocenters. The number of hydrogen-bond acceptors (Lipinski definition) is 1. The van der Waals surface area contributed by atoms with Crippen LogP contribution in [-0.4, -0.2) is 23.0 Å². The van der Waals surface area contributed by atoms with Crippen molar-refractivity contribution in [2.24, 2.45) is 0 Å². The molecule has 1 rings (SSSR count). The molecule has 0 saturated carbocycles. The van der Waals surface area contributed by atoms with Gasteiger partial charge in [0.15, 0.2) is 0 Å². The molecule has 11 heavy (non-hydrogen) atoms. The largest absolute Gasteiger partial charge is 0.393 e. The van der Waals surface area contributed by atoms with Crippen LogP contribution in [-0.2, 0) is 0 Å². The number of aliphatic hydroxyl groups excluding tert-OH is 1. The molecule has 0 aliphatic carbocycles. The molecule has 1 aliphatic rings. The molecule has 0 aromatic carbocycles. The Morgan fingerprint density at radius 1 is 1.45 bits per heavy atom. The maximum absolute atomic E-state index is 9.26. The van der Waals surface area contributed by atoms with E-state index in [1.165, 1.54) is 25.7 Å². The van der Waals surface area contributed by atoms with Crippen molar-refractivity contribution in [2.45, 2.75) is 50.8 Å². The molecule has 1 aliphatic heterocycles. The first-order chi connectivity index (χ1) is 5.33. The third kappa shape index (κ3) is 3.53. The predicted molar refractivity (Wildman–Crippen MR) is 51.7 cm³/mol. The lowest BCUT2D eigenvalue weighted by Crippen LogP contribution is -2.05. The van der Waals surface area contributed by atoms with Crippen LogP contribution in [0.1, 0.15) is 39.0 Å². The molecule has 0 spiro atoms. The molecule has 0 bridgehead atoms. The number of unbranched alkanes of at least 4 members (excludes halogenated alkanes) is 2. The Hall–Kier alpha value is 0.390. The van der Waals surface area contributed by atoms with E-state index in [1.807, 2.05) is 0 Å². The summed E-state index contributed by atoms with van der Waals surface area (Å²) in [5.74, 6) is 0. The van der Waals surface area contributed by atoms with Gasteiger partial charge in [0.25, 0.3) is 0 Å². The normalized spacial score (nSPS) is 33.3. The zero-order valence-electron chi connectivity index (χ0n) is 7.34. The van der Waals surface area contributed by atoms with Gasteiger partial charge >= 0.3 is 0 Å². The van der Waals surface area contributed by atoms with Gasteiger partial charge in [-0.15, -0.1) is 8.58 Å². The van der Waals surface area contributed by atoms with Crippen LogP contribution in [0, 0.1) is 0 Å². The van der Waals surface area contributed by atoms with Gasteiger partial charge in [-0.05, 0) is 24.7 Å². The average molecular weight is 174 g/mol. The molecule has 0 amide bonds. The Morgan fingerprint density at radius 2 is 2.27 bits per heavy atom. The standard InChI is InChI=1S/C9H19OP/c1-2-3-4-5-9-6-8(10)7-11-9/h8-11H,2-7H2,1H3/t8-,9-/m0/s1. The van der Waals surface area contributed by atoms with Crippen LogP contribution >= 0.6 is 8.58 Å². The SMILES string of the molecule is CCCCC[C@H]1C[C@H](O)CP1. The van der Waals surface area contributed by atoms with E-state index in [4.69, 9.17) is 0 Å². The maximum Gasteiger partial charge on any atom is 0.0583 e. The highest BCUT2D eigenvalue weighted by Gasteiger charge is 2.21. The van der Waals surface area contributed by atoms with Crippen LogP contribution < -0.4 is 0 Å². The monoisotopic (exact) mass is 174 g/mol. The van der Waals surface area contributed by atoms with Crippen LogP contribution in [0.3, 0.4) is 0 Å². The van der Waals surface area contributed by atoms with E-state index in [2.05, 4.69) is 6.92 Å². The van der Waals surface area contributed by atoms with Gasteiger partial charge in [0.2, 0.25) is 0 Å². The Bertz CT molecular complexity index is 106. The predicted octanol–water partition coefficient (Wildman–Crippen LogP) is 2.38. The number of hydrogen-bond donors (Lipinski definition) is 1. The minimum absolute atomic E-state index is 0.0416. The highest BCUT2D eigenvalue weighted by molar-refractivity contribution is 7.39. The smallest absolute Gasteiger partial charge is 0.0583 e. The minimum Gasteiger partial charge on any atom is -0.393 e. The number of aliphatic hydroxyl groups is 1. The number of rotatable bonds is 4. The van der Waals surface area contributed by atoms with Crippen molar-refractivity contribution in [2.75, 3.05) is 6.16 Å². The summed E-state index contributed by atoms with van der Waals surface area (Å²) in [4.78, 5) is 0. The van der Waals surface area contributed by atoms with Gasteiger partial charge in [0.1, 0.15) is 0 Å². The van der Waals surface area contributed by atoms with Gasteiger partial charge in [0.05, 0.1) is 6.10 Å². The van der Waals surface area contributed by atoms with E-state index < -0.39 is 0 Å². The lowest BCUT2D eigenvalue weighted by atomic mass is 10.1. The summed E-state index contributed by atoms with van der Waals surface area (Å²) >= 11 is 0. The molecule has 66 valence electrons. The zero-order chi connectivity index (χ0) is 8.10. The third-order valence-electron chi connectivity index (χ3n) is 2.35. The Labute approximate surface area is 71.4 Å². The molecule has 0 aromatic heterocycles. The summed E-state index contributed by atoms with van der Waals surface area (Å²) in [5.41, 5.74) is 0.872. The van der Waals surface area contributed by atoms with E-state index in [-0.39, 0.29) is 6.10 Å². The van der Waals surface area contributed by atoms with Gasteiger partial charge in [-0.3, -0.25) is 0 Å². The highest BCUT2D eigenvalue weighted by Crippen LogP contribution is 2.35. The summed E-state index contributed by atoms with van der Waals surface area (Å²) in [6.07, 6.45) is 7.64. The molecule has 1 heterocycles. The zero-order valence-corrected chi connectivity index (χ0v) is 8.34. The summed E-state index contributed by atoms with van der Waals surface area (Å²) in [6.45, 7) is 2.24. The molecule has 1 N–H and O–H groups in total. The Morgan fingerprint density at radius 3 is 2.82 bits per heavy atom. The highest BCUT2D eigenvalue weighted by atomic mass is 31.1. The van der Waals surface area contributed by atoms with E-state index in [0.29, 0.717) is 0 Å². The van der Waals surface area contributed by atoms with Crippen molar-refractivity contribution < 1.29 is 5.11 Å². The quantitative estimate of drug-likeness (QED) is 0.512. The fourth-order valence-electron chi connectivity index (χ4n) is 1.66. The average Bonchev–Trinajstić information content (AvgIpc) is 2.37. The maximum atomic E-state index is 9.26. The van der Waals surface area contributed by atoms with Crippen molar-refractivity contribution in [1.29, 1.82) is 0 Å². The van der Waals surface area contributed by atoms with E-state index in [1.54, 1.807) is 0 Å². The molecule has 1 saturated heterocycles. The van der Waals surface area contributed by atoms with E-state index >= 15 is 0 Å². The van der Waals surface area contributed by atoms with Crippen molar-refractivity contribution in [3.05, 3.63) is 0 Å². The van der Waals surface area contributed by atoms with Crippen molar-refractivity contribution in [3.8, 4) is 0 Å². The lowest BCUT2D eigenvalue weighted by molar-refractivity contribution is 0.195. The fourth-order valence-corrected chi connectivity index (χ4v) is 3.28. The first-order valence-corrected chi connectivity index (χ1v) is 6.02. The third-order valence-corrected chi connectivity index (χ3v) is 4.16. The van der Waals surface area contributed by atoms with Gasteiger partial charge in [-0.2, -0.15) is 0 Å². The second kappa shape index (κ2) is 5.11. The van der Waals surface area contributed by atoms with Gasteiger partial charge in [0, 0.05) is 0 Å². The molecule has 1 nitrogen and oxygen atoms in total. The van der Waals surface area contributed by atoms with Crippen molar-refractivity contribution >= 4 is 8.58 Å². The topological polar surface area (TPSA) is 20.2 Å². The Balaban J connectivity index is 1.99. The van der Waals surface area contributed by atoms with E-state index in [0.717, 1.165) is 26.8 Å². The molecule has 1 unspecified atom stereocenters. The summed E-state index contributed by atoms with van der Waals surface area (Å²) < 4.78 is 0. The summed E-state index contributed by atoms with van der Waals surface area (Å²) in [5, 5.41) is 9.26. The van der Waals surface area contributed by atoms with Crippen molar-refractivity contribution in [3.63, 3.8) is 0 Å². The molecular formula is C9H19OP. The molecule has 1 fully saturated rings. The Kier molecular flexibility index (Phi) is 4.40. The van der Waals surface area contributed by atoms with Gasteiger partial charge in [-0.1, -0.05) is 26.2 Å². The van der Waals surface area contributed by atoms with Crippen LogP contribution in [0.4, 0.5) is 0 Å². The molecule has 2 heteroatoms. The fraction of sp³-hybridized carbons (Fsp3) is 1.00. The first-order valence-electron chi connectivity index (χ1n) is 4.74. The van der Waals surface area contributed by atoms with E-state index in [9.17, 15) is 5.11 Å². The van der Waals surface area contributed by atoms with Crippen LogP contribution in [0.25, 0.3) is 0 Å². The minimum atomic E-state index is 0.0416.